The third-order valence-electron chi connectivity index (χ3n) is 7.12. The Bertz CT molecular complexity index is 1400. The molecule has 1 saturated carbocycles. The van der Waals surface area contributed by atoms with E-state index in [4.69, 9.17) is 10.7 Å². The molecular weight excluding hydrogens is 461 g/mol. The van der Waals surface area contributed by atoms with Crippen molar-refractivity contribution in [1.82, 2.24) is 34.9 Å². The number of carbonyl (C=O) groups is 1. The van der Waals surface area contributed by atoms with Gasteiger partial charge in [-0.05, 0) is 50.7 Å². The number of hydrogen-bond donors (Lipinski definition) is 3. The topological polar surface area (TPSA) is 140 Å². The summed E-state index contributed by atoms with van der Waals surface area (Å²) in [5, 5.41) is 14.3. The number of nitrogens with zero attached hydrogens (tertiary/aromatic N) is 6. The predicted molar refractivity (Wildman–Crippen MR) is 131 cm³/mol. The van der Waals surface area contributed by atoms with E-state index in [0.717, 1.165) is 29.6 Å². The maximum atomic E-state index is 13.3. The molecular formula is C25H28FN9O. The molecule has 0 radical (unpaired) electrons. The van der Waals surface area contributed by atoms with Gasteiger partial charge >= 0.3 is 0 Å². The number of H-pyrrole nitrogens is 1. The molecule has 0 bridgehead atoms. The van der Waals surface area contributed by atoms with E-state index in [1.54, 1.807) is 12.3 Å². The highest BCUT2D eigenvalue weighted by molar-refractivity contribution is 5.82. The van der Waals surface area contributed by atoms with Crippen molar-refractivity contribution in [2.24, 2.45) is 11.1 Å². The summed E-state index contributed by atoms with van der Waals surface area (Å²) < 4.78 is 14.7. The molecule has 0 aliphatic heterocycles. The molecule has 0 aromatic carbocycles. The standard InChI is InChI=1S/C25H28FN9O/c1-14-8-20(31-21-9-15(2)33-34-21)32-23(30-14)17-6-7-25(10-17,24(27)36)16(3)18-4-5-22(28-11-18)35-13-19(26)12-29-35/h4-5,8-9,11-13,16-17H,6-7,10H2,1-3H3,(H2,27,36)(H2,30,31,32,33,34)/t16-,17?,25?/m0/s1. The number of aryl methyl sites for hydroxylation is 2. The van der Waals surface area contributed by atoms with E-state index in [0.29, 0.717) is 36.1 Å². The fraction of sp³-hybridized carbons (Fsp3) is 0.360. The smallest absolute Gasteiger partial charge is 0.224 e. The van der Waals surface area contributed by atoms with Gasteiger partial charge in [0.15, 0.2) is 17.5 Å². The summed E-state index contributed by atoms with van der Waals surface area (Å²) in [4.78, 5) is 26.7. The van der Waals surface area contributed by atoms with Crippen LogP contribution in [0.5, 0.6) is 0 Å². The molecule has 4 aromatic rings. The average molecular weight is 490 g/mol. The third kappa shape index (κ3) is 4.43. The van der Waals surface area contributed by atoms with Crippen LogP contribution in [-0.2, 0) is 4.79 Å². The molecule has 10 nitrogen and oxygen atoms in total. The van der Waals surface area contributed by atoms with Crippen molar-refractivity contribution in [2.45, 2.75) is 51.9 Å². The molecule has 11 heteroatoms. The van der Waals surface area contributed by atoms with Gasteiger partial charge in [-0.2, -0.15) is 10.2 Å². The van der Waals surface area contributed by atoms with Crippen molar-refractivity contribution >= 4 is 17.5 Å². The summed E-state index contributed by atoms with van der Waals surface area (Å²) in [7, 11) is 0. The number of pyridine rings is 1. The maximum Gasteiger partial charge on any atom is 0.224 e. The molecule has 2 unspecified atom stereocenters. The highest BCUT2D eigenvalue weighted by Gasteiger charge is 2.49. The predicted octanol–water partition coefficient (Wildman–Crippen LogP) is 3.82. The van der Waals surface area contributed by atoms with Gasteiger partial charge in [-0.3, -0.25) is 9.89 Å². The fourth-order valence-corrected chi connectivity index (χ4v) is 5.11. The van der Waals surface area contributed by atoms with Crippen LogP contribution in [0.4, 0.5) is 16.0 Å². The van der Waals surface area contributed by atoms with E-state index in [1.165, 1.54) is 10.9 Å². The normalized spacial score (nSPS) is 20.4. The Morgan fingerprint density at radius 2 is 2.08 bits per heavy atom. The number of aromatic amines is 1. The van der Waals surface area contributed by atoms with Gasteiger partial charge in [0.05, 0.1) is 17.8 Å². The van der Waals surface area contributed by atoms with E-state index in [2.05, 4.69) is 30.6 Å². The second kappa shape index (κ2) is 9.14. The average Bonchev–Trinajstić information content (AvgIpc) is 3.59. The number of nitrogens with one attached hydrogen (secondary N) is 2. The first kappa shape index (κ1) is 23.6. The Morgan fingerprint density at radius 3 is 2.72 bits per heavy atom. The van der Waals surface area contributed by atoms with E-state index in [-0.39, 0.29) is 17.7 Å². The fourth-order valence-electron chi connectivity index (χ4n) is 5.11. The van der Waals surface area contributed by atoms with Gasteiger partial charge < -0.3 is 11.1 Å². The Kier molecular flexibility index (Phi) is 5.99. The summed E-state index contributed by atoms with van der Waals surface area (Å²) in [5.74, 6) is 1.55. The Balaban J connectivity index is 1.38. The monoisotopic (exact) mass is 489 g/mol. The highest BCUT2D eigenvalue weighted by Crippen LogP contribution is 2.53. The zero-order valence-corrected chi connectivity index (χ0v) is 20.4. The molecule has 1 amide bonds. The first-order valence-corrected chi connectivity index (χ1v) is 11.8. The Morgan fingerprint density at radius 1 is 1.25 bits per heavy atom. The SMILES string of the molecule is Cc1cc(Nc2cc(C)[nH]n2)nc(C2CCC(C(N)=O)([C@@H](C)c3ccc(-n4cc(F)cn4)nc3)C2)n1. The second-order valence-electron chi connectivity index (χ2n) is 9.55. The van der Waals surface area contributed by atoms with E-state index in [9.17, 15) is 9.18 Å². The van der Waals surface area contributed by atoms with Crippen molar-refractivity contribution in [2.75, 3.05) is 5.32 Å². The van der Waals surface area contributed by atoms with Crippen molar-refractivity contribution in [3.63, 3.8) is 0 Å². The molecule has 0 saturated heterocycles. The number of aromatic nitrogens is 7. The molecule has 5 rings (SSSR count). The minimum Gasteiger partial charge on any atom is -0.369 e. The van der Waals surface area contributed by atoms with Gasteiger partial charge in [-0.15, -0.1) is 0 Å². The van der Waals surface area contributed by atoms with Crippen LogP contribution < -0.4 is 11.1 Å². The minimum atomic E-state index is -0.758. The van der Waals surface area contributed by atoms with Gasteiger partial charge in [-0.25, -0.2) is 24.0 Å². The van der Waals surface area contributed by atoms with Gasteiger partial charge in [0, 0.05) is 35.6 Å². The number of primary amides is 1. The summed E-state index contributed by atoms with van der Waals surface area (Å²) in [6, 6.07) is 7.42. The van der Waals surface area contributed by atoms with E-state index < -0.39 is 11.2 Å². The molecule has 1 fully saturated rings. The summed E-state index contributed by atoms with van der Waals surface area (Å²) >= 11 is 0. The van der Waals surface area contributed by atoms with Crippen molar-refractivity contribution in [3.05, 3.63) is 71.4 Å². The number of hydrogen-bond acceptors (Lipinski definition) is 7. The van der Waals surface area contributed by atoms with Crippen LogP contribution in [0.2, 0.25) is 0 Å². The summed E-state index contributed by atoms with van der Waals surface area (Å²) in [5.41, 5.74) is 7.91. The van der Waals surface area contributed by atoms with Crippen LogP contribution in [0, 0.1) is 25.1 Å². The zero-order valence-electron chi connectivity index (χ0n) is 20.4. The minimum absolute atomic E-state index is 0.0133. The number of halogens is 1. The van der Waals surface area contributed by atoms with Crippen molar-refractivity contribution in [3.8, 4) is 5.82 Å². The number of rotatable bonds is 7. The third-order valence-corrected chi connectivity index (χ3v) is 7.12. The van der Waals surface area contributed by atoms with Gasteiger partial charge in [-0.1, -0.05) is 13.0 Å². The lowest BCUT2D eigenvalue weighted by molar-refractivity contribution is -0.128. The van der Waals surface area contributed by atoms with Gasteiger partial charge in [0.2, 0.25) is 5.91 Å². The van der Waals surface area contributed by atoms with Crippen molar-refractivity contribution < 1.29 is 9.18 Å². The molecule has 0 spiro atoms. The molecule has 4 aromatic heterocycles. The number of anilines is 2. The highest BCUT2D eigenvalue weighted by atomic mass is 19.1. The van der Waals surface area contributed by atoms with Crippen LogP contribution in [0.1, 0.15) is 60.8 Å². The van der Waals surface area contributed by atoms with Gasteiger partial charge in [0.25, 0.3) is 0 Å². The van der Waals surface area contributed by atoms with Crippen molar-refractivity contribution in [1.29, 1.82) is 0 Å². The Labute approximate surface area is 207 Å². The number of carbonyl (C=O) groups excluding carboxylic acids is 1. The molecule has 1 aliphatic carbocycles. The van der Waals surface area contributed by atoms with Crippen LogP contribution >= 0.6 is 0 Å². The van der Waals surface area contributed by atoms with Gasteiger partial charge in [0.1, 0.15) is 11.6 Å². The van der Waals surface area contributed by atoms with Crippen LogP contribution in [0.15, 0.2) is 42.9 Å². The van der Waals surface area contributed by atoms with E-state index in [1.807, 2.05) is 39.0 Å². The second-order valence-corrected chi connectivity index (χ2v) is 9.55. The molecule has 4 heterocycles. The molecule has 1 aliphatic rings. The summed E-state index contributed by atoms with van der Waals surface area (Å²) in [6.45, 7) is 5.85. The first-order chi connectivity index (χ1) is 17.2. The molecule has 4 N–H and O–H groups in total. The van der Waals surface area contributed by atoms with Crippen LogP contribution in [0.25, 0.3) is 5.82 Å². The van der Waals surface area contributed by atoms with Crippen LogP contribution in [0.3, 0.4) is 0 Å². The lowest BCUT2D eigenvalue weighted by Crippen LogP contribution is -2.39. The molecule has 3 atom stereocenters. The van der Waals surface area contributed by atoms with E-state index >= 15 is 0 Å². The number of nitrogens with two attached hydrogens (primary N) is 1. The zero-order chi connectivity index (χ0) is 25.4. The lowest BCUT2D eigenvalue weighted by atomic mass is 9.71. The number of amides is 1. The molecule has 36 heavy (non-hydrogen) atoms. The lowest BCUT2D eigenvalue weighted by Gasteiger charge is -2.33. The quantitative estimate of drug-likeness (QED) is 0.358. The Hall–Kier alpha value is -4.15. The van der Waals surface area contributed by atoms with Crippen LogP contribution in [-0.4, -0.2) is 40.8 Å². The largest absolute Gasteiger partial charge is 0.369 e. The first-order valence-electron chi connectivity index (χ1n) is 11.8. The maximum absolute atomic E-state index is 13.3. The summed E-state index contributed by atoms with van der Waals surface area (Å²) in [6.07, 6.45) is 6.00. The molecule has 186 valence electrons.